The molecule has 4 heterocycles. The highest BCUT2D eigenvalue weighted by molar-refractivity contribution is 9.10. The summed E-state index contributed by atoms with van der Waals surface area (Å²) in [6.07, 6.45) is 6.60. The Hall–Kier alpha value is -2.20. The number of nitrogens with zero attached hydrogens (tertiary/aromatic N) is 8. The van der Waals surface area contributed by atoms with Crippen LogP contribution in [0.15, 0.2) is 29.3 Å². The van der Waals surface area contributed by atoms with Crippen LogP contribution in [0.25, 0.3) is 27.2 Å². The highest BCUT2D eigenvalue weighted by Crippen LogP contribution is 2.31. The second-order valence-corrected chi connectivity index (χ2v) is 5.99. The number of halogens is 1. The van der Waals surface area contributed by atoms with Crippen molar-refractivity contribution in [2.24, 2.45) is 7.05 Å². The lowest BCUT2D eigenvalue weighted by atomic mass is 10.4. The van der Waals surface area contributed by atoms with Gasteiger partial charge in [0.05, 0.1) is 16.9 Å². The number of hydrogen-bond donors (Lipinski definition) is 0. The molecule has 8 nitrogen and oxygen atoms in total. The van der Waals surface area contributed by atoms with Gasteiger partial charge in [0, 0.05) is 19.4 Å². The molecular formula is C11H7BrN8S. The second-order valence-electron chi connectivity index (χ2n) is 4.18. The van der Waals surface area contributed by atoms with Gasteiger partial charge in [-0.05, 0) is 15.9 Å². The van der Waals surface area contributed by atoms with Crippen molar-refractivity contribution in [2.45, 2.75) is 0 Å². The average molecular weight is 363 g/mol. The lowest BCUT2D eigenvalue weighted by Gasteiger charge is -1.97. The summed E-state index contributed by atoms with van der Waals surface area (Å²) < 4.78 is 4.32. The van der Waals surface area contributed by atoms with Crippen molar-refractivity contribution in [3.63, 3.8) is 0 Å². The van der Waals surface area contributed by atoms with Crippen LogP contribution < -0.4 is 0 Å². The molecule has 0 amide bonds. The van der Waals surface area contributed by atoms with Crippen LogP contribution in [0.1, 0.15) is 0 Å². The Morgan fingerprint density at radius 2 is 2.10 bits per heavy atom. The molecule has 4 aromatic heterocycles. The molecule has 0 atom stereocenters. The average Bonchev–Trinajstić information content (AvgIpc) is 3.14. The van der Waals surface area contributed by atoms with E-state index in [1.807, 2.05) is 7.05 Å². The Morgan fingerprint density at radius 1 is 1.19 bits per heavy atom. The monoisotopic (exact) mass is 362 g/mol. The lowest BCUT2D eigenvalue weighted by molar-refractivity contribution is 0.772. The fraction of sp³-hybridized carbons (Fsp3) is 0.0909. The van der Waals surface area contributed by atoms with E-state index in [1.165, 1.54) is 11.3 Å². The molecule has 4 aromatic rings. The Bertz CT molecular complexity index is 905. The van der Waals surface area contributed by atoms with Crippen molar-refractivity contribution in [3.8, 4) is 22.2 Å². The maximum Gasteiger partial charge on any atom is 0.235 e. The van der Waals surface area contributed by atoms with Crippen molar-refractivity contribution >= 4 is 32.2 Å². The molecule has 0 aliphatic rings. The van der Waals surface area contributed by atoms with E-state index in [1.54, 1.807) is 34.0 Å². The van der Waals surface area contributed by atoms with Crippen molar-refractivity contribution in [3.05, 3.63) is 29.3 Å². The predicted molar refractivity (Wildman–Crippen MR) is 79.6 cm³/mol. The fourth-order valence-corrected chi connectivity index (χ4v) is 3.54. The molecule has 0 unspecified atom stereocenters. The molecule has 0 saturated heterocycles. The standard InChI is InChI=1S/C11H7BrN8S/c1-19-8(6(12)4-15-19)10-18-20-9(16-17-11(20)21-10)7-5-13-2-3-14-7/h2-5H,1H3. The summed E-state index contributed by atoms with van der Waals surface area (Å²) in [5.74, 6) is 0.568. The van der Waals surface area contributed by atoms with Gasteiger partial charge in [0.1, 0.15) is 11.4 Å². The highest BCUT2D eigenvalue weighted by Gasteiger charge is 2.18. The molecule has 0 aliphatic carbocycles. The smallest absolute Gasteiger partial charge is 0.235 e. The second kappa shape index (κ2) is 4.67. The summed E-state index contributed by atoms with van der Waals surface area (Å²) >= 11 is 4.92. The Morgan fingerprint density at radius 3 is 2.81 bits per heavy atom. The Balaban J connectivity index is 1.91. The van der Waals surface area contributed by atoms with Crippen molar-refractivity contribution in [1.82, 2.24) is 39.6 Å². The lowest BCUT2D eigenvalue weighted by Crippen LogP contribution is -1.96. The van der Waals surface area contributed by atoms with Gasteiger partial charge in [-0.15, -0.1) is 10.2 Å². The van der Waals surface area contributed by atoms with Crippen molar-refractivity contribution in [2.75, 3.05) is 0 Å². The maximum absolute atomic E-state index is 4.56. The van der Waals surface area contributed by atoms with Gasteiger partial charge in [-0.1, -0.05) is 11.3 Å². The summed E-state index contributed by atoms with van der Waals surface area (Å²) in [6.45, 7) is 0. The van der Waals surface area contributed by atoms with E-state index in [2.05, 4.69) is 46.3 Å². The van der Waals surface area contributed by atoms with Gasteiger partial charge >= 0.3 is 0 Å². The van der Waals surface area contributed by atoms with E-state index in [4.69, 9.17) is 0 Å². The molecular weight excluding hydrogens is 356 g/mol. The molecule has 0 spiro atoms. The number of aryl methyl sites for hydroxylation is 1. The van der Waals surface area contributed by atoms with Crippen LogP contribution in [0.3, 0.4) is 0 Å². The molecule has 0 bridgehead atoms. The predicted octanol–water partition coefficient (Wildman–Crippen LogP) is 1.81. The van der Waals surface area contributed by atoms with E-state index < -0.39 is 0 Å². The van der Waals surface area contributed by atoms with E-state index in [0.29, 0.717) is 16.5 Å². The SMILES string of the molecule is Cn1ncc(Br)c1-c1nn2c(-c3cnccn3)nnc2s1. The third-order valence-electron chi connectivity index (χ3n) is 2.88. The van der Waals surface area contributed by atoms with Crippen LogP contribution in [-0.4, -0.2) is 39.6 Å². The van der Waals surface area contributed by atoms with Gasteiger partial charge < -0.3 is 0 Å². The zero-order valence-corrected chi connectivity index (χ0v) is 13.1. The normalized spacial score (nSPS) is 11.3. The van der Waals surface area contributed by atoms with Crippen LogP contribution in [-0.2, 0) is 7.05 Å². The quantitative estimate of drug-likeness (QED) is 0.540. The fourth-order valence-electron chi connectivity index (χ4n) is 1.94. The van der Waals surface area contributed by atoms with Gasteiger partial charge in [-0.3, -0.25) is 9.67 Å². The molecule has 0 fully saturated rings. The van der Waals surface area contributed by atoms with Crippen LogP contribution in [0.5, 0.6) is 0 Å². The van der Waals surface area contributed by atoms with Crippen LogP contribution in [0.2, 0.25) is 0 Å². The molecule has 10 heteroatoms. The summed E-state index contributed by atoms with van der Waals surface area (Å²) in [6, 6.07) is 0. The van der Waals surface area contributed by atoms with Gasteiger partial charge in [0.15, 0.2) is 5.01 Å². The number of aromatic nitrogens is 8. The minimum absolute atomic E-state index is 0.568. The van der Waals surface area contributed by atoms with Gasteiger partial charge in [-0.2, -0.15) is 14.7 Å². The largest absolute Gasteiger partial charge is 0.264 e. The first-order valence-electron chi connectivity index (χ1n) is 5.90. The number of fused-ring (bicyclic) bond motifs is 1. The molecule has 0 radical (unpaired) electrons. The van der Waals surface area contributed by atoms with E-state index >= 15 is 0 Å². The third kappa shape index (κ3) is 1.94. The summed E-state index contributed by atoms with van der Waals surface area (Å²) in [4.78, 5) is 8.97. The molecule has 0 aromatic carbocycles. The molecule has 0 aliphatic heterocycles. The zero-order valence-electron chi connectivity index (χ0n) is 10.7. The zero-order chi connectivity index (χ0) is 14.4. The molecule has 104 valence electrons. The van der Waals surface area contributed by atoms with Gasteiger partial charge in [-0.25, -0.2) is 4.98 Å². The Kier molecular flexibility index (Phi) is 2.79. The molecule has 4 rings (SSSR count). The van der Waals surface area contributed by atoms with E-state index in [-0.39, 0.29) is 0 Å². The number of rotatable bonds is 2. The van der Waals surface area contributed by atoms with Crippen LogP contribution >= 0.6 is 27.3 Å². The molecule has 0 N–H and O–H groups in total. The number of hydrogen-bond acceptors (Lipinski definition) is 7. The minimum atomic E-state index is 0.568. The summed E-state index contributed by atoms with van der Waals surface area (Å²) in [5, 5.41) is 17.8. The molecule has 0 saturated carbocycles. The highest BCUT2D eigenvalue weighted by atomic mass is 79.9. The maximum atomic E-state index is 4.56. The first-order valence-corrected chi connectivity index (χ1v) is 7.51. The van der Waals surface area contributed by atoms with E-state index in [9.17, 15) is 0 Å². The van der Waals surface area contributed by atoms with Gasteiger partial charge in [0.2, 0.25) is 10.8 Å². The van der Waals surface area contributed by atoms with Crippen molar-refractivity contribution in [1.29, 1.82) is 0 Å². The first-order chi connectivity index (χ1) is 10.2. The topological polar surface area (TPSA) is 86.7 Å². The van der Waals surface area contributed by atoms with Crippen molar-refractivity contribution < 1.29 is 0 Å². The van der Waals surface area contributed by atoms with E-state index in [0.717, 1.165) is 15.2 Å². The summed E-state index contributed by atoms with van der Waals surface area (Å²) in [5.41, 5.74) is 1.53. The van der Waals surface area contributed by atoms with Crippen LogP contribution in [0.4, 0.5) is 0 Å². The Labute approximate surface area is 130 Å². The molecule has 21 heavy (non-hydrogen) atoms. The van der Waals surface area contributed by atoms with Gasteiger partial charge in [0.25, 0.3) is 0 Å². The third-order valence-corrected chi connectivity index (χ3v) is 4.37. The first kappa shape index (κ1) is 12.5. The minimum Gasteiger partial charge on any atom is -0.264 e. The van der Waals surface area contributed by atoms with Crippen LogP contribution in [0, 0.1) is 0 Å². The summed E-state index contributed by atoms with van der Waals surface area (Å²) in [7, 11) is 1.87.